The standard InChI is InChI=1S/C10H21NO3/c1-13-10(14-2)8-11(6-7-12)9-4-3-5-9/h9-10,12H,3-8H2,1-2H3. The minimum Gasteiger partial charge on any atom is -0.395 e. The number of ether oxygens (including phenoxy) is 2. The Bertz CT molecular complexity index is 144. The van der Waals surface area contributed by atoms with Crippen LogP contribution in [0.4, 0.5) is 0 Å². The molecule has 14 heavy (non-hydrogen) atoms. The van der Waals surface area contributed by atoms with Gasteiger partial charge >= 0.3 is 0 Å². The summed E-state index contributed by atoms with van der Waals surface area (Å²) in [7, 11) is 3.29. The van der Waals surface area contributed by atoms with Gasteiger partial charge in [-0.3, -0.25) is 4.90 Å². The SMILES string of the molecule is COC(CN(CCO)C1CCC1)OC. The van der Waals surface area contributed by atoms with E-state index >= 15 is 0 Å². The van der Waals surface area contributed by atoms with Crippen molar-refractivity contribution < 1.29 is 14.6 Å². The van der Waals surface area contributed by atoms with E-state index in [4.69, 9.17) is 14.6 Å². The van der Waals surface area contributed by atoms with Crippen LogP contribution in [0.25, 0.3) is 0 Å². The second-order valence-corrected chi connectivity index (χ2v) is 3.70. The van der Waals surface area contributed by atoms with Crippen LogP contribution in [0, 0.1) is 0 Å². The van der Waals surface area contributed by atoms with Crippen molar-refractivity contribution in [1.29, 1.82) is 0 Å². The van der Waals surface area contributed by atoms with Crippen molar-refractivity contribution in [2.45, 2.75) is 31.6 Å². The third-order valence-corrected chi connectivity index (χ3v) is 2.89. The summed E-state index contributed by atoms with van der Waals surface area (Å²) in [5.74, 6) is 0. The first kappa shape index (κ1) is 11.9. The number of aliphatic hydroxyl groups is 1. The Kier molecular flexibility index (Phi) is 5.40. The van der Waals surface area contributed by atoms with Crippen molar-refractivity contribution in [1.82, 2.24) is 4.90 Å². The first-order chi connectivity index (χ1) is 6.81. The molecule has 0 atom stereocenters. The second-order valence-electron chi connectivity index (χ2n) is 3.70. The molecule has 0 heterocycles. The van der Waals surface area contributed by atoms with Crippen molar-refractivity contribution in [3.63, 3.8) is 0 Å². The molecule has 0 aromatic rings. The van der Waals surface area contributed by atoms with E-state index in [2.05, 4.69) is 4.90 Å². The molecular formula is C10H21NO3. The zero-order valence-corrected chi connectivity index (χ0v) is 9.11. The smallest absolute Gasteiger partial charge is 0.169 e. The maximum Gasteiger partial charge on any atom is 0.169 e. The lowest BCUT2D eigenvalue weighted by molar-refractivity contribution is -0.125. The summed E-state index contributed by atoms with van der Waals surface area (Å²) >= 11 is 0. The van der Waals surface area contributed by atoms with Crippen LogP contribution in [-0.4, -0.2) is 56.3 Å². The first-order valence-electron chi connectivity index (χ1n) is 5.22. The zero-order chi connectivity index (χ0) is 10.4. The van der Waals surface area contributed by atoms with Crippen LogP contribution >= 0.6 is 0 Å². The molecule has 0 amide bonds. The Morgan fingerprint density at radius 2 is 2.00 bits per heavy atom. The molecule has 0 unspecified atom stereocenters. The molecule has 1 fully saturated rings. The molecule has 4 heteroatoms. The molecular weight excluding hydrogens is 182 g/mol. The van der Waals surface area contributed by atoms with Crippen LogP contribution < -0.4 is 0 Å². The molecule has 0 radical (unpaired) electrons. The van der Waals surface area contributed by atoms with Crippen LogP contribution in [0.15, 0.2) is 0 Å². The fourth-order valence-electron chi connectivity index (χ4n) is 1.74. The molecule has 1 N–H and O–H groups in total. The highest BCUT2D eigenvalue weighted by atomic mass is 16.7. The minimum absolute atomic E-state index is 0.179. The van der Waals surface area contributed by atoms with Gasteiger partial charge in [-0.25, -0.2) is 0 Å². The molecule has 1 aliphatic rings. The Hall–Kier alpha value is -0.160. The lowest BCUT2D eigenvalue weighted by Crippen LogP contribution is -2.46. The summed E-state index contributed by atoms with van der Waals surface area (Å²) in [5.41, 5.74) is 0. The van der Waals surface area contributed by atoms with Gasteiger partial charge in [-0.15, -0.1) is 0 Å². The number of hydrogen-bond acceptors (Lipinski definition) is 4. The van der Waals surface area contributed by atoms with E-state index in [0.717, 1.165) is 6.54 Å². The first-order valence-corrected chi connectivity index (χ1v) is 5.22. The lowest BCUT2D eigenvalue weighted by Gasteiger charge is -2.38. The summed E-state index contributed by atoms with van der Waals surface area (Å²) in [5, 5.41) is 8.94. The highest BCUT2D eigenvalue weighted by Gasteiger charge is 2.26. The number of nitrogens with zero attached hydrogens (tertiary/aromatic N) is 1. The van der Waals surface area contributed by atoms with Gasteiger partial charge in [0.15, 0.2) is 6.29 Å². The van der Waals surface area contributed by atoms with Crippen LogP contribution in [0.2, 0.25) is 0 Å². The fraction of sp³-hybridized carbons (Fsp3) is 1.00. The molecule has 1 aliphatic carbocycles. The van der Waals surface area contributed by atoms with Gasteiger partial charge in [-0.1, -0.05) is 6.42 Å². The van der Waals surface area contributed by atoms with Gasteiger partial charge < -0.3 is 14.6 Å². The van der Waals surface area contributed by atoms with E-state index in [0.29, 0.717) is 12.6 Å². The predicted molar refractivity (Wildman–Crippen MR) is 54.1 cm³/mol. The largest absolute Gasteiger partial charge is 0.395 e. The molecule has 0 saturated heterocycles. The average Bonchev–Trinajstić information content (AvgIpc) is 2.11. The van der Waals surface area contributed by atoms with Crippen LogP contribution in [-0.2, 0) is 9.47 Å². The normalized spacial score (nSPS) is 17.8. The zero-order valence-electron chi connectivity index (χ0n) is 9.11. The minimum atomic E-state index is -0.179. The predicted octanol–water partition coefficient (Wildman–Crippen LogP) is 0.452. The summed E-state index contributed by atoms with van der Waals surface area (Å²) in [4.78, 5) is 2.25. The maximum absolute atomic E-state index is 8.94. The van der Waals surface area contributed by atoms with E-state index < -0.39 is 0 Å². The Morgan fingerprint density at radius 3 is 2.36 bits per heavy atom. The van der Waals surface area contributed by atoms with Crippen molar-refractivity contribution in [3.05, 3.63) is 0 Å². The molecule has 84 valence electrons. The molecule has 4 nitrogen and oxygen atoms in total. The third kappa shape index (κ3) is 3.20. The van der Waals surface area contributed by atoms with Gasteiger partial charge in [-0.05, 0) is 12.8 Å². The molecule has 0 aliphatic heterocycles. The molecule has 0 aromatic heterocycles. The third-order valence-electron chi connectivity index (χ3n) is 2.89. The molecule has 0 bridgehead atoms. The van der Waals surface area contributed by atoms with Crippen molar-refractivity contribution in [2.24, 2.45) is 0 Å². The highest BCUT2D eigenvalue weighted by molar-refractivity contribution is 4.80. The monoisotopic (exact) mass is 203 g/mol. The van der Waals surface area contributed by atoms with Gasteiger partial charge in [0.1, 0.15) is 0 Å². The van der Waals surface area contributed by atoms with Gasteiger partial charge in [-0.2, -0.15) is 0 Å². The summed E-state index contributed by atoms with van der Waals surface area (Å²) in [6.45, 7) is 1.67. The molecule has 0 aromatic carbocycles. The highest BCUT2D eigenvalue weighted by Crippen LogP contribution is 2.24. The number of hydrogen-bond donors (Lipinski definition) is 1. The molecule has 1 rings (SSSR count). The van der Waals surface area contributed by atoms with Crippen molar-refractivity contribution in [3.8, 4) is 0 Å². The van der Waals surface area contributed by atoms with Crippen LogP contribution in [0.5, 0.6) is 0 Å². The van der Waals surface area contributed by atoms with Crippen molar-refractivity contribution >= 4 is 0 Å². The second kappa shape index (κ2) is 6.35. The van der Waals surface area contributed by atoms with Gasteiger partial charge in [0.25, 0.3) is 0 Å². The Labute approximate surface area is 85.8 Å². The van der Waals surface area contributed by atoms with Crippen molar-refractivity contribution in [2.75, 3.05) is 33.9 Å². The fourth-order valence-corrected chi connectivity index (χ4v) is 1.74. The van der Waals surface area contributed by atoms with E-state index in [1.165, 1.54) is 19.3 Å². The summed E-state index contributed by atoms with van der Waals surface area (Å²) < 4.78 is 10.3. The van der Waals surface area contributed by atoms with Crippen LogP contribution in [0.3, 0.4) is 0 Å². The Morgan fingerprint density at radius 1 is 1.36 bits per heavy atom. The molecule has 1 saturated carbocycles. The average molecular weight is 203 g/mol. The quantitative estimate of drug-likeness (QED) is 0.610. The van der Waals surface area contributed by atoms with Gasteiger partial charge in [0.05, 0.1) is 6.61 Å². The summed E-state index contributed by atoms with van der Waals surface area (Å²) in [6.07, 6.45) is 3.60. The topological polar surface area (TPSA) is 41.9 Å². The number of rotatable bonds is 7. The maximum atomic E-state index is 8.94. The van der Waals surface area contributed by atoms with E-state index in [-0.39, 0.29) is 12.9 Å². The van der Waals surface area contributed by atoms with Gasteiger partial charge in [0, 0.05) is 33.4 Å². The van der Waals surface area contributed by atoms with E-state index in [1.807, 2.05) is 0 Å². The molecule has 0 spiro atoms. The van der Waals surface area contributed by atoms with E-state index in [9.17, 15) is 0 Å². The Balaban J connectivity index is 2.32. The van der Waals surface area contributed by atoms with E-state index in [1.54, 1.807) is 14.2 Å². The number of aliphatic hydroxyl groups excluding tert-OH is 1. The van der Waals surface area contributed by atoms with Crippen LogP contribution in [0.1, 0.15) is 19.3 Å². The lowest BCUT2D eigenvalue weighted by atomic mass is 9.91. The number of methoxy groups -OCH3 is 2. The van der Waals surface area contributed by atoms with Gasteiger partial charge in [0.2, 0.25) is 0 Å². The summed E-state index contributed by atoms with van der Waals surface area (Å²) in [6, 6.07) is 0.620.